The number of halogens is 1. The molecule has 3 aliphatic rings. The van der Waals surface area contributed by atoms with Gasteiger partial charge < -0.3 is 10.0 Å². The van der Waals surface area contributed by atoms with Crippen LogP contribution in [-0.4, -0.2) is 34.0 Å². The van der Waals surface area contributed by atoms with E-state index in [0.717, 1.165) is 42.7 Å². The highest BCUT2D eigenvalue weighted by Gasteiger charge is 2.57. The lowest BCUT2D eigenvalue weighted by Crippen LogP contribution is -2.64. The molecule has 25 heavy (non-hydrogen) atoms. The number of carbonyl (C=O) groups excluding carboxylic acids is 1. The van der Waals surface area contributed by atoms with E-state index >= 15 is 0 Å². The third-order valence-electron chi connectivity index (χ3n) is 5.83. The number of carbonyl (C=O) groups is 2. The minimum absolute atomic E-state index is 0.0469. The van der Waals surface area contributed by atoms with Gasteiger partial charge in [0.05, 0.1) is 5.54 Å². The molecule has 1 aromatic rings. The Morgan fingerprint density at radius 1 is 1.24 bits per heavy atom. The van der Waals surface area contributed by atoms with Crippen molar-refractivity contribution in [2.45, 2.75) is 43.6 Å². The fourth-order valence-electron chi connectivity index (χ4n) is 4.42. The van der Waals surface area contributed by atoms with E-state index in [1.54, 1.807) is 18.2 Å². The van der Waals surface area contributed by atoms with Gasteiger partial charge in [-0.05, 0) is 49.8 Å². The van der Waals surface area contributed by atoms with Gasteiger partial charge in [-0.15, -0.1) is 0 Å². The molecule has 0 bridgehead atoms. The summed E-state index contributed by atoms with van der Waals surface area (Å²) in [5.41, 5.74) is 1.73. The number of allylic oxidation sites excluding steroid dienone is 3. The molecule has 1 aliphatic heterocycles. The second-order valence-corrected chi connectivity index (χ2v) is 7.63. The monoisotopic (exact) mass is 357 g/mol. The lowest BCUT2D eigenvalue weighted by Gasteiger charge is -2.56. The van der Waals surface area contributed by atoms with Gasteiger partial charge in [0.15, 0.2) is 0 Å². The number of nitrogens with zero attached hydrogens (tertiary/aromatic N) is 1. The molecule has 1 aromatic carbocycles. The van der Waals surface area contributed by atoms with Crippen LogP contribution in [0.3, 0.4) is 0 Å². The van der Waals surface area contributed by atoms with E-state index in [4.69, 9.17) is 11.6 Å². The Kier molecular flexibility index (Phi) is 3.95. The first-order valence-electron chi connectivity index (χ1n) is 8.71. The predicted molar refractivity (Wildman–Crippen MR) is 95.7 cm³/mol. The average molecular weight is 358 g/mol. The van der Waals surface area contributed by atoms with Gasteiger partial charge >= 0.3 is 5.97 Å². The van der Waals surface area contributed by atoms with E-state index in [1.165, 1.54) is 0 Å². The lowest BCUT2D eigenvalue weighted by atomic mass is 9.61. The van der Waals surface area contributed by atoms with Crippen LogP contribution in [0.5, 0.6) is 0 Å². The predicted octanol–water partition coefficient (Wildman–Crippen LogP) is 4.08. The SMILES string of the molecule is O=C(O)C1c2ccccc2C(=O)N(CC2=CC=C(Cl)CC2)C12CCC2. The summed E-state index contributed by atoms with van der Waals surface area (Å²) in [6, 6.07) is 7.17. The van der Waals surface area contributed by atoms with E-state index in [-0.39, 0.29) is 5.91 Å². The fourth-order valence-corrected chi connectivity index (χ4v) is 4.57. The minimum atomic E-state index is -0.842. The smallest absolute Gasteiger partial charge is 0.313 e. The number of benzene rings is 1. The topological polar surface area (TPSA) is 57.6 Å². The third kappa shape index (κ3) is 2.51. The Hall–Kier alpha value is -2.07. The highest BCUT2D eigenvalue weighted by atomic mass is 35.5. The summed E-state index contributed by atoms with van der Waals surface area (Å²) in [5.74, 6) is -1.54. The van der Waals surface area contributed by atoms with E-state index in [9.17, 15) is 14.7 Å². The minimum Gasteiger partial charge on any atom is -0.481 e. The van der Waals surface area contributed by atoms with E-state index in [2.05, 4.69) is 0 Å². The number of rotatable bonds is 3. The van der Waals surface area contributed by atoms with Crippen molar-refractivity contribution < 1.29 is 14.7 Å². The van der Waals surface area contributed by atoms with E-state index in [0.29, 0.717) is 17.7 Å². The zero-order valence-electron chi connectivity index (χ0n) is 13.9. The summed E-state index contributed by atoms with van der Waals surface area (Å²) >= 11 is 6.04. The Morgan fingerprint density at radius 2 is 2.00 bits per heavy atom. The Balaban J connectivity index is 1.78. The molecular weight excluding hydrogens is 338 g/mol. The molecule has 1 fully saturated rings. The summed E-state index contributed by atoms with van der Waals surface area (Å²) < 4.78 is 0. The van der Waals surface area contributed by atoms with Gasteiger partial charge in [0.1, 0.15) is 5.92 Å². The first-order chi connectivity index (χ1) is 12.0. The molecule has 1 saturated carbocycles. The number of fused-ring (bicyclic) bond motifs is 1. The number of amides is 1. The van der Waals surface area contributed by atoms with Crippen LogP contribution >= 0.6 is 11.6 Å². The molecule has 1 atom stereocenters. The summed E-state index contributed by atoms with van der Waals surface area (Å²) in [7, 11) is 0. The van der Waals surface area contributed by atoms with Gasteiger partial charge in [-0.25, -0.2) is 0 Å². The van der Waals surface area contributed by atoms with Crippen molar-refractivity contribution >= 4 is 23.5 Å². The molecule has 4 rings (SSSR count). The molecule has 0 aromatic heterocycles. The molecule has 1 unspecified atom stereocenters. The Labute approximate surface area is 151 Å². The zero-order valence-corrected chi connectivity index (χ0v) is 14.6. The van der Waals surface area contributed by atoms with Crippen molar-refractivity contribution in [1.82, 2.24) is 4.90 Å². The number of hydrogen-bond acceptors (Lipinski definition) is 2. The molecule has 1 spiro atoms. The number of aliphatic carboxylic acids is 1. The van der Waals surface area contributed by atoms with Gasteiger partial charge in [-0.1, -0.05) is 41.4 Å². The summed E-state index contributed by atoms with van der Waals surface area (Å²) in [5, 5.41) is 10.8. The second kappa shape index (κ2) is 6.03. The van der Waals surface area contributed by atoms with Crippen LogP contribution < -0.4 is 0 Å². The van der Waals surface area contributed by atoms with Gasteiger partial charge in [0, 0.05) is 17.1 Å². The van der Waals surface area contributed by atoms with Crippen LogP contribution in [0.1, 0.15) is 53.9 Å². The third-order valence-corrected chi connectivity index (χ3v) is 6.15. The molecule has 1 heterocycles. The number of carboxylic acid groups (broad SMARTS) is 1. The normalized spacial score (nSPS) is 24.3. The fraction of sp³-hybridized carbons (Fsp3) is 0.400. The molecule has 130 valence electrons. The van der Waals surface area contributed by atoms with E-state index < -0.39 is 17.4 Å². The van der Waals surface area contributed by atoms with Gasteiger partial charge in [0.2, 0.25) is 0 Å². The average Bonchev–Trinajstić information content (AvgIpc) is 2.57. The van der Waals surface area contributed by atoms with Crippen molar-refractivity contribution in [1.29, 1.82) is 0 Å². The maximum Gasteiger partial charge on any atom is 0.313 e. The van der Waals surface area contributed by atoms with Crippen molar-refractivity contribution in [3.63, 3.8) is 0 Å². The molecule has 2 aliphatic carbocycles. The quantitative estimate of drug-likeness (QED) is 0.886. The Bertz CT molecular complexity index is 807. The molecule has 5 heteroatoms. The van der Waals surface area contributed by atoms with Crippen LogP contribution in [0.2, 0.25) is 0 Å². The molecule has 1 amide bonds. The molecule has 4 nitrogen and oxygen atoms in total. The van der Waals surface area contributed by atoms with Crippen LogP contribution in [0.15, 0.2) is 47.0 Å². The zero-order chi connectivity index (χ0) is 17.6. The maximum atomic E-state index is 13.2. The molecule has 1 N–H and O–H groups in total. The van der Waals surface area contributed by atoms with Crippen molar-refractivity contribution in [3.8, 4) is 0 Å². The van der Waals surface area contributed by atoms with Crippen molar-refractivity contribution in [3.05, 3.63) is 58.1 Å². The summed E-state index contributed by atoms with van der Waals surface area (Å²) in [4.78, 5) is 27.2. The maximum absolute atomic E-state index is 13.2. The van der Waals surface area contributed by atoms with E-state index in [1.807, 2.05) is 23.1 Å². The molecular formula is C20H20ClNO3. The van der Waals surface area contributed by atoms with Crippen molar-refractivity contribution in [2.24, 2.45) is 0 Å². The van der Waals surface area contributed by atoms with Crippen molar-refractivity contribution in [2.75, 3.05) is 6.54 Å². The summed E-state index contributed by atoms with van der Waals surface area (Å²) in [6.45, 7) is 0.484. The van der Waals surface area contributed by atoms with Gasteiger partial charge in [0.25, 0.3) is 5.91 Å². The number of hydrogen-bond donors (Lipinski definition) is 1. The second-order valence-electron chi connectivity index (χ2n) is 7.15. The van der Waals surface area contributed by atoms with Crippen LogP contribution in [-0.2, 0) is 4.79 Å². The highest BCUT2D eigenvalue weighted by molar-refractivity contribution is 6.29. The number of carboxylic acids is 1. The van der Waals surface area contributed by atoms with Gasteiger partial charge in [-0.3, -0.25) is 9.59 Å². The lowest BCUT2D eigenvalue weighted by molar-refractivity contribution is -0.145. The largest absolute Gasteiger partial charge is 0.481 e. The standard InChI is InChI=1S/C20H20ClNO3/c21-14-8-6-13(7-9-14)12-22-18(23)16-5-2-1-4-15(16)17(19(24)25)20(22)10-3-11-20/h1-2,4-6,8,17H,3,7,9-12H2,(H,24,25). The Morgan fingerprint density at radius 3 is 2.60 bits per heavy atom. The highest BCUT2D eigenvalue weighted by Crippen LogP contribution is 2.52. The first kappa shape index (κ1) is 16.4. The first-order valence-corrected chi connectivity index (χ1v) is 9.08. The van der Waals surface area contributed by atoms with Crippen LogP contribution in [0, 0.1) is 0 Å². The molecule has 0 saturated heterocycles. The molecule has 0 radical (unpaired) electrons. The van der Waals surface area contributed by atoms with Gasteiger partial charge in [-0.2, -0.15) is 0 Å². The summed E-state index contributed by atoms with van der Waals surface area (Å²) in [6.07, 6.45) is 7.89. The van der Waals surface area contributed by atoms with Crippen LogP contribution in [0.25, 0.3) is 0 Å². The van der Waals surface area contributed by atoms with Crippen LogP contribution in [0.4, 0.5) is 0 Å².